The maximum atomic E-state index is 12.4. The molecule has 1 aliphatic rings. The molecule has 0 radical (unpaired) electrons. The number of amides is 1. The summed E-state index contributed by atoms with van der Waals surface area (Å²) in [6.45, 7) is 5.17. The minimum atomic E-state index is -1.17. The van der Waals surface area contributed by atoms with Gasteiger partial charge in [0, 0.05) is 0 Å². The molecule has 1 aromatic carbocycles. The first-order valence-corrected chi connectivity index (χ1v) is 9.12. The van der Waals surface area contributed by atoms with Crippen LogP contribution in [0.1, 0.15) is 52.0 Å². The largest absolute Gasteiger partial charge is 0.462 e. The van der Waals surface area contributed by atoms with Gasteiger partial charge in [0.05, 0.1) is 6.42 Å². The van der Waals surface area contributed by atoms with Gasteiger partial charge < -0.3 is 19.5 Å². The van der Waals surface area contributed by atoms with E-state index < -0.39 is 29.7 Å². The number of hydrogen-bond acceptors (Lipinski definition) is 6. The Bertz CT molecular complexity index is 648. The van der Waals surface area contributed by atoms with E-state index in [1.54, 1.807) is 20.8 Å². The maximum Gasteiger partial charge on any atom is 0.408 e. The van der Waals surface area contributed by atoms with E-state index in [1.165, 1.54) is 0 Å². The van der Waals surface area contributed by atoms with Crippen LogP contribution in [0.2, 0.25) is 0 Å². The zero-order chi connectivity index (χ0) is 19.9. The average molecular weight is 377 g/mol. The van der Waals surface area contributed by atoms with Crippen molar-refractivity contribution in [1.82, 2.24) is 5.32 Å². The number of benzene rings is 1. The molecule has 7 heteroatoms. The number of alkyl carbamates (subject to hydrolysis) is 1. The van der Waals surface area contributed by atoms with Gasteiger partial charge in [0.1, 0.15) is 24.4 Å². The minimum Gasteiger partial charge on any atom is -0.462 e. The van der Waals surface area contributed by atoms with E-state index in [-0.39, 0.29) is 19.1 Å². The maximum absolute atomic E-state index is 12.4. The van der Waals surface area contributed by atoms with Crippen LogP contribution < -0.4 is 5.32 Å². The van der Waals surface area contributed by atoms with Gasteiger partial charge >= 0.3 is 18.0 Å². The van der Waals surface area contributed by atoms with Crippen molar-refractivity contribution in [3.63, 3.8) is 0 Å². The SMILES string of the molecule is CC(C)(C)OC(=O)N[C@@H](CC(=O)OC1CCC1)C(=O)OCc1ccccc1. The molecule has 0 unspecified atom stereocenters. The van der Waals surface area contributed by atoms with Crippen molar-refractivity contribution in [2.45, 2.75) is 70.8 Å². The van der Waals surface area contributed by atoms with Gasteiger partial charge in [-0.3, -0.25) is 4.79 Å². The van der Waals surface area contributed by atoms with Crippen LogP contribution >= 0.6 is 0 Å². The van der Waals surface area contributed by atoms with Crippen LogP contribution in [0.4, 0.5) is 4.79 Å². The summed E-state index contributed by atoms with van der Waals surface area (Å²) in [7, 11) is 0. The summed E-state index contributed by atoms with van der Waals surface area (Å²) in [6.07, 6.45) is 1.49. The fourth-order valence-electron chi connectivity index (χ4n) is 2.36. The molecule has 0 aromatic heterocycles. The number of ether oxygens (including phenoxy) is 3. The monoisotopic (exact) mass is 377 g/mol. The van der Waals surface area contributed by atoms with Crippen molar-refractivity contribution in [2.24, 2.45) is 0 Å². The van der Waals surface area contributed by atoms with Gasteiger partial charge in [-0.1, -0.05) is 30.3 Å². The standard InChI is InChI=1S/C20H27NO6/c1-20(2,3)27-19(24)21-16(12-17(22)26-15-10-7-11-15)18(23)25-13-14-8-5-4-6-9-14/h4-6,8-9,15-16H,7,10-13H2,1-3H3,(H,21,24)/t16-/m0/s1. The van der Waals surface area contributed by atoms with E-state index in [0.717, 1.165) is 24.8 Å². The molecular formula is C20H27NO6. The predicted molar refractivity (Wildman–Crippen MR) is 97.7 cm³/mol. The summed E-state index contributed by atoms with van der Waals surface area (Å²) in [5.74, 6) is -1.26. The number of hydrogen-bond donors (Lipinski definition) is 1. The van der Waals surface area contributed by atoms with Crippen molar-refractivity contribution in [1.29, 1.82) is 0 Å². The molecule has 1 N–H and O–H groups in total. The summed E-state index contributed by atoms with van der Waals surface area (Å²) in [5.41, 5.74) is 0.0774. The first-order chi connectivity index (χ1) is 12.7. The molecular weight excluding hydrogens is 350 g/mol. The smallest absolute Gasteiger partial charge is 0.408 e. The molecule has 1 saturated carbocycles. The van der Waals surface area contributed by atoms with E-state index >= 15 is 0 Å². The molecule has 2 rings (SSSR count). The zero-order valence-electron chi connectivity index (χ0n) is 16.0. The fraction of sp³-hybridized carbons (Fsp3) is 0.550. The van der Waals surface area contributed by atoms with E-state index in [9.17, 15) is 14.4 Å². The Kier molecular flexibility index (Phi) is 7.21. The van der Waals surface area contributed by atoms with Crippen LogP contribution in [0.5, 0.6) is 0 Å². The molecule has 0 aliphatic heterocycles. The molecule has 1 aliphatic carbocycles. The van der Waals surface area contributed by atoms with Gasteiger partial charge in [-0.25, -0.2) is 9.59 Å². The lowest BCUT2D eigenvalue weighted by Crippen LogP contribution is -2.46. The van der Waals surface area contributed by atoms with Crippen molar-refractivity contribution in [3.8, 4) is 0 Å². The highest BCUT2D eigenvalue weighted by molar-refractivity contribution is 5.86. The lowest BCUT2D eigenvalue weighted by molar-refractivity contribution is -0.158. The molecule has 0 bridgehead atoms. The van der Waals surface area contributed by atoms with Gasteiger partial charge in [0.25, 0.3) is 0 Å². The topological polar surface area (TPSA) is 90.9 Å². The highest BCUT2D eigenvalue weighted by atomic mass is 16.6. The van der Waals surface area contributed by atoms with Crippen LogP contribution in [0.25, 0.3) is 0 Å². The van der Waals surface area contributed by atoms with E-state index in [4.69, 9.17) is 14.2 Å². The lowest BCUT2D eigenvalue weighted by atomic mass is 9.96. The molecule has 0 heterocycles. The van der Waals surface area contributed by atoms with Crippen molar-refractivity contribution in [2.75, 3.05) is 0 Å². The third kappa shape index (κ3) is 7.68. The Morgan fingerprint density at radius 3 is 2.37 bits per heavy atom. The third-order valence-electron chi connectivity index (χ3n) is 3.92. The second-order valence-electron chi connectivity index (χ2n) is 7.54. The predicted octanol–water partition coefficient (Wildman–Crippen LogP) is 3.11. The Hall–Kier alpha value is -2.57. The van der Waals surface area contributed by atoms with Crippen LogP contribution in [-0.4, -0.2) is 35.8 Å². The van der Waals surface area contributed by atoms with Crippen molar-refractivity contribution < 1.29 is 28.6 Å². The molecule has 27 heavy (non-hydrogen) atoms. The van der Waals surface area contributed by atoms with Gasteiger partial charge in [0.2, 0.25) is 0 Å². The molecule has 0 spiro atoms. The van der Waals surface area contributed by atoms with Gasteiger partial charge in [-0.05, 0) is 45.6 Å². The Morgan fingerprint density at radius 2 is 1.81 bits per heavy atom. The normalized spacial score (nSPS) is 15.2. The third-order valence-corrected chi connectivity index (χ3v) is 3.92. The summed E-state index contributed by atoms with van der Waals surface area (Å²) < 4.78 is 15.7. The Balaban J connectivity index is 1.94. The zero-order valence-corrected chi connectivity index (χ0v) is 16.0. The molecule has 0 saturated heterocycles. The number of carbonyl (C=O) groups is 3. The van der Waals surface area contributed by atoms with Crippen LogP contribution in [0.3, 0.4) is 0 Å². The van der Waals surface area contributed by atoms with Gasteiger partial charge in [-0.2, -0.15) is 0 Å². The Labute approximate surface area is 159 Å². The average Bonchev–Trinajstić information content (AvgIpc) is 2.54. The highest BCUT2D eigenvalue weighted by Gasteiger charge is 2.30. The quantitative estimate of drug-likeness (QED) is 0.580. The second-order valence-corrected chi connectivity index (χ2v) is 7.54. The summed E-state index contributed by atoms with van der Waals surface area (Å²) in [5, 5.41) is 2.41. The summed E-state index contributed by atoms with van der Waals surface area (Å²) in [6, 6.07) is 7.97. The minimum absolute atomic E-state index is 0.0455. The number of esters is 2. The number of rotatable bonds is 7. The van der Waals surface area contributed by atoms with Crippen LogP contribution in [-0.2, 0) is 30.4 Å². The van der Waals surface area contributed by atoms with Crippen molar-refractivity contribution >= 4 is 18.0 Å². The molecule has 1 aromatic rings. The summed E-state index contributed by atoms with van der Waals surface area (Å²) in [4.78, 5) is 36.5. The van der Waals surface area contributed by atoms with Gasteiger partial charge in [-0.15, -0.1) is 0 Å². The first kappa shape index (κ1) is 20.7. The number of nitrogens with one attached hydrogen (secondary N) is 1. The van der Waals surface area contributed by atoms with Gasteiger partial charge in [0.15, 0.2) is 0 Å². The first-order valence-electron chi connectivity index (χ1n) is 9.12. The van der Waals surface area contributed by atoms with Crippen LogP contribution in [0.15, 0.2) is 30.3 Å². The fourth-order valence-corrected chi connectivity index (χ4v) is 2.36. The highest BCUT2D eigenvalue weighted by Crippen LogP contribution is 2.22. The van der Waals surface area contributed by atoms with Crippen molar-refractivity contribution in [3.05, 3.63) is 35.9 Å². The Morgan fingerprint density at radius 1 is 1.15 bits per heavy atom. The van der Waals surface area contributed by atoms with E-state index in [0.29, 0.717) is 0 Å². The molecule has 1 fully saturated rings. The number of carbonyl (C=O) groups excluding carboxylic acids is 3. The van der Waals surface area contributed by atoms with Crippen LogP contribution in [0, 0.1) is 0 Å². The summed E-state index contributed by atoms with van der Waals surface area (Å²) >= 11 is 0. The van der Waals surface area contributed by atoms with E-state index in [2.05, 4.69) is 5.32 Å². The lowest BCUT2D eigenvalue weighted by Gasteiger charge is -2.26. The second kappa shape index (κ2) is 9.39. The molecule has 148 valence electrons. The molecule has 7 nitrogen and oxygen atoms in total. The molecule has 1 atom stereocenters. The molecule has 1 amide bonds. The van der Waals surface area contributed by atoms with E-state index in [1.807, 2.05) is 30.3 Å².